The minimum absolute atomic E-state index is 0.234. The molecule has 0 atom stereocenters. The molecule has 130 valence electrons. The highest BCUT2D eigenvalue weighted by Crippen LogP contribution is 2.35. The molecule has 0 bridgehead atoms. The van der Waals surface area contributed by atoms with E-state index in [2.05, 4.69) is 15.6 Å². The van der Waals surface area contributed by atoms with Gasteiger partial charge in [0.25, 0.3) is 5.91 Å². The monoisotopic (exact) mass is 347 g/mol. The third-order valence-corrected chi connectivity index (χ3v) is 3.96. The van der Waals surface area contributed by atoms with E-state index in [4.69, 9.17) is 9.47 Å². The Balaban J connectivity index is 1.49. The Bertz CT molecular complexity index is 955. The van der Waals surface area contributed by atoms with Crippen LogP contribution in [0.3, 0.4) is 0 Å². The maximum atomic E-state index is 12.4. The molecular formula is C20H17N3O3. The van der Waals surface area contributed by atoms with E-state index in [1.54, 1.807) is 18.3 Å². The fraction of sp³-hybridized carbons (Fsp3) is 0.100. The van der Waals surface area contributed by atoms with Crippen molar-refractivity contribution < 1.29 is 14.3 Å². The van der Waals surface area contributed by atoms with E-state index in [1.165, 1.54) is 0 Å². The Hall–Kier alpha value is -3.54. The highest BCUT2D eigenvalue weighted by Gasteiger charge is 2.14. The summed E-state index contributed by atoms with van der Waals surface area (Å²) in [7, 11) is 0. The molecule has 0 saturated heterocycles. The fourth-order valence-corrected chi connectivity index (χ4v) is 2.61. The minimum atomic E-state index is -0.261. The van der Waals surface area contributed by atoms with Gasteiger partial charge in [-0.05, 0) is 43.3 Å². The first kappa shape index (κ1) is 16.0. The number of amides is 1. The maximum Gasteiger partial charge on any atom is 0.274 e. The number of ether oxygens (including phenoxy) is 2. The van der Waals surface area contributed by atoms with Crippen LogP contribution in [0.5, 0.6) is 11.5 Å². The van der Waals surface area contributed by atoms with Crippen LogP contribution in [0.2, 0.25) is 0 Å². The van der Waals surface area contributed by atoms with Crippen LogP contribution in [0, 0.1) is 6.92 Å². The zero-order valence-corrected chi connectivity index (χ0v) is 14.2. The van der Waals surface area contributed by atoms with E-state index >= 15 is 0 Å². The topological polar surface area (TPSA) is 72.5 Å². The third-order valence-electron chi connectivity index (χ3n) is 3.96. The minimum Gasteiger partial charge on any atom is -0.454 e. The van der Waals surface area contributed by atoms with Crippen molar-refractivity contribution in [3.63, 3.8) is 0 Å². The van der Waals surface area contributed by atoms with Gasteiger partial charge in [-0.1, -0.05) is 17.7 Å². The molecule has 2 N–H and O–H groups in total. The molecule has 0 spiro atoms. The number of rotatable bonds is 4. The van der Waals surface area contributed by atoms with Crippen molar-refractivity contribution in [1.29, 1.82) is 0 Å². The molecule has 0 saturated carbocycles. The molecule has 0 aliphatic carbocycles. The van der Waals surface area contributed by atoms with Crippen LogP contribution in [0.15, 0.2) is 60.8 Å². The molecule has 4 rings (SSSR count). The molecule has 0 unspecified atom stereocenters. The average molecular weight is 347 g/mol. The van der Waals surface area contributed by atoms with E-state index in [1.807, 2.05) is 49.4 Å². The molecule has 1 aliphatic rings. The Morgan fingerprint density at radius 3 is 2.50 bits per heavy atom. The van der Waals surface area contributed by atoms with Crippen LogP contribution in [0.4, 0.5) is 17.1 Å². The van der Waals surface area contributed by atoms with E-state index in [0.29, 0.717) is 11.4 Å². The number of benzene rings is 2. The van der Waals surface area contributed by atoms with Gasteiger partial charge in [0.15, 0.2) is 11.5 Å². The van der Waals surface area contributed by atoms with E-state index < -0.39 is 0 Å². The van der Waals surface area contributed by atoms with Gasteiger partial charge in [-0.25, -0.2) is 0 Å². The van der Waals surface area contributed by atoms with Gasteiger partial charge in [-0.2, -0.15) is 0 Å². The molecule has 0 fully saturated rings. The molecular weight excluding hydrogens is 330 g/mol. The Kier molecular flexibility index (Phi) is 4.15. The Morgan fingerprint density at radius 1 is 0.923 bits per heavy atom. The van der Waals surface area contributed by atoms with Crippen LogP contribution in [-0.2, 0) is 0 Å². The van der Waals surface area contributed by atoms with Crippen LogP contribution in [0.1, 0.15) is 16.1 Å². The second-order valence-electron chi connectivity index (χ2n) is 5.94. The summed E-state index contributed by atoms with van der Waals surface area (Å²) >= 11 is 0. The summed E-state index contributed by atoms with van der Waals surface area (Å²) in [5, 5.41) is 6.09. The first-order valence-electron chi connectivity index (χ1n) is 8.18. The van der Waals surface area contributed by atoms with Gasteiger partial charge in [0, 0.05) is 29.3 Å². The molecule has 26 heavy (non-hydrogen) atoms. The number of aromatic nitrogens is 1. The van der Waals surface area contributed by atoms with Gasteiger partial charge in [-0.3, -0.25) is 9.78 Å². The Labute approximate surface area is 150 Å². The lowest BCUT2D eigenvalue weighted by atomic mass is 10.2. The highest BCUT2D eigenvalue weighted by molar-refractivity contribution is 6.03. The predicted octanol–water partition coefficient (Wildman–Crippen LogP) is 4.11. The zero-order valence-electron chi connectivity index (χ0n) is 14.2. The van der Waals surface area contributed by atoms with Gasteiger partial charge in [0.05, 0.1) is 0 Å². The van der Waals surface area contributed by atoms with Gasteiger partial charge in [0.2, 0.25) is 6.79 Å². The lowest BCUT2D eigenvalue weighted by Crippen LogP contribution is -2.13. The smallest absolute Gasteiger partial charge is 0.274 e. The summed E-state index contributed by atoms with van der Waals surface area (Å²) in [5.74, 6) is 1.16. The predicted molar refractivity (Wildman–Crippen MR) is 99.2 cm³/mol. The van der Waals surface area contributed by atoms with Crippen molar-refractivity contribution in [3.05, 3.63) is 72.1 Å². The zero-order chi connectivity index (χ0) is 17.9. The van der Waals surface area contributed by atoms with Crippen molar-refractivity contribution in [2.45, 2.75) is 6.92 Å². The molecule has 6 nitrogen and oxygen atoms in total. The average Bonchev–Trinajstić information content (AvgIpc) is 3.12. The fourth-order valence-electron chi connectivity index (χ4n) is 2.61. The molecule has 0 radical (unpaired) electrons. The number of carbonyl (C=O) groups is 1. The standard InChI is InChI=1S/C20H17N3O3/c1-13-2-4-14(5-3-13)23-20(24)17-10-16(8-9-21-17)22-15-6-7-18-19(11-15)26-12-25-18/h2-11H,12H2,1H3,(H,21,22)(H,23,24). The summed E-state index contributed by atoms with van der Waals surface area (Å²) in [6.45, 7) is 2.23. The second kappa shape index (κ2) is 6.76. The molecule has 2 heterocycles. The van der Waals surface area contributed by atoms with Crippen LogP contribution >= 0.6 is 0 Å². The summed E-state index contributed by atoms with van der Waals surface area (Å²) in [6, 6.07) is 16.7. The summed E-state index contributed by atoms with van der Waals surface area (Å²) in [6.07, 6.45) is 1.60. The second-order valence-corrected chi connectivity index (χ2v) is 5.94. The quantitative estimate of drug-likeness (QED) is 0.743. The number of nitrogens with zero attached hydrogens (tertiary/aromatic N) is 1. The van der Waals surface area contributed by atoms with E-state index in [0.717, 1.165) is 28.4 Å². The van der Waals surface area contributed by atoms with Crippen molar-refractivity contribution in [1.82, 2.24) is 4.98 Å². The largest absolute Gasteiger partial charge is 0.454 e. The molecule has 1 aliphatic heterocycles. The van der Waals surface area contributed by atoms with Crippen molar-refractivity contribution in [2.24, 2.45) is 0 Å². The first-order valence-corrected chi connectivity index (χ1v) is 8.18. The van der Waals surface area contributed by atoms with Crippen LogP contribution < -0.4 is 20.1 Å². The normalized spacial score (nSPS) is 11.9. The van der Waals surface area contributed by atoms with Gasteiger partial charge in [-0.15, -0.1) is 0 Å². The number of hydrogen-bond acceptors (Lipinski definition) is 5. The third kappa shape index (κ3) is 3.44. The number of pyridine rings is 1. The number of aryl methyl sites for hydroxylation is 1. The highest BCUT2D eigenvalue weighted by atomic mass is 16.7. The number of fused-ring (bicyclic) bond motifs is 1. The number of anilines is 3. The number of carbonyl (C=O) groups excluding carboxylic acids is 1. The van der Waals surface area contributed by atoms with Gasteiger partial charge < -0.3 is 20.1 Å². The molecule has 3 aromatic rings. The van der Waals surface area contributed by atoms with Crippen molar-refractivity contribution >= 4 is 23.0 Å². The van der Waals surface area contributed by atoms with Crippen LogP contribution in [0.25, 0.3) is 0 Å². The number of hydrogen-bond donors (Lipinski definition) is 2. The van der Waals surface area contributed by atoms with Crippen molar-refractivity contribution in [3.8, 4) is 11.5 Å². The van der Waals surface area contributed by atoms with Gasteiger partial charge >= 0.3 is 0 Å². The molecule has 2 aromatic carbocycles. The molecule has 1 aromatic heterocycles. The summed E-state index contributed by atoms with van der Waals surface area (Å²) in [5.41, 5.74) is 3.79. The lowest BCUT2D eigenvalue weighted by Gasteiger charge is -2.09. The summed E-state index contributed by atoms with van der Waals surface area (Å²) in [4.78, 5) is 16.6. The van der Waals surface area contributed by atoms with E-state index in [-0.39, 0.29) is 12.7 Å². The van der Waals surface area contributed by atoms with Gasteiger partial charge in [0.1, 0.15) is 5.69 Å². The number of nitrogens with one attached hydrogen (secondary N) is 2. The first-order chi connectivity index (χ1) is 12.7. The molecule has 6 heteroatoms. The maximum absolute atomic E-state index is 12.4. The Morgan fingerprint density at radius 2 is 1.65 bits per heavy atom. The SMILES string of the molecule is Cc1ccc(NC(=O)c2cc(Nc3ccc4c(c3)OCO4)ccn2)cc1. The summed E-state index contributed by atoms with van der Waals surface area (Å²) < 4.78 is 10.7. The van der Waals surface area contributed by atoms with Crippen molar-refractivity contribution in [2.75, 3.05) is 17.4 Å². The molecule has 1 amide bonds. The lowest BCUT2D eigenvalue weighted by molar-refractivity contribution is 0.102. The van der Waals surface area contributed by atoms with E-state index in [9.17, 15) is 4.79 Å². The van der Waals surface area contributed by atoms with Crippen LogP contribution in [-0.4, -0.2) is 17.7 Å².